The number of piperidine rings is 1. The van der Waals surface area contributed by atoms with E-state index in [4.69, 9.17) is 4.74 Å². The van der Waals surface area contributed by atoms with Gasteiger partial charge in [-0.25, -0.2) is 9.18 Å². The predicted octanol–water partition coefficient (Wildman–Crippen LogP) is 3.78. The highest BCUT2D eigenvalue weighted by atomic mass is 19.1. The standard InChI is InChI=1S/C28H46FN3O4/c1-30-19-25(26(33)21-11-4-3-5-12-21)31-27(34)32-17-10-13-22(20-32)28(35,16-8-9-18-36-2)23-14-6-7-15-24(23)29/h6-7,14-15,21-22,25-26,30,33,35H,3-5,8-13,16-20H2,1-2H3,(H,31,34)/t22-,25-,26-,28+/m1/s1. The summed E-state index contributed by atoms with van der Waals surface area (Å²) in [4.78, 5) is 15.1. The van der Waals surface area contributed by atoms with E-state index in [1.54, 1.807) is 30.2 Å². The summed E-state index contributed by atoms with van der Waals surface area (Å²) in [7, 11) is 3.47. The molecule has 8 heteroatoms. The van der Waals surface area contributed by atoms with Crippen molar-refractivity contribution < 1.29 is 24.1 Å². The van der Waals surface area contributed by atoms with E-state index in [1.165, 1.54) is 12.5 Å². The van der Waals surface area contributed by atoms with Crippen molar-refractivity contribution in [2.24, 2.45) is 11.8 Å². The van der Waals surface area contributed by atoms with E-state index in [0.717, 1.165) is 38.5 Å². The number of unbranched alkanes of at least 4 members (excludes halogenated alkanes) is 1. The van der Waals surface area contributed by atoms with Gasteiger partial charge in [-0.15, -0.1) is 0 Å². The molecule has 1 saturated heterocycles. The number of methoxy groups -OCH3 is 1. The van der Waals surface area contributed by atoms with E-state index < -0.39 is 17.5 Å². The van der Waals surface area contributed by atoms with Crippen molar-refractivity contribution in [2.75, 3.05) is 40.4 Å². The summed E-state index contributed by atoms with van der Waals surface area (Å²) in [5, 5.41) is 29.1. The highest BCUT2D eigenvalue weighted by Gasteiger charge is 2.43. The van der Waals surface area contributed by atoms with Crippen molar-refractivity contribution in [1.82, 2.24) is 15.5 Å². The molecule has 204 valence electrons. The van der Waals surface area contributed by atoms with Gasteiger partial charge in [0, 0.05) is 44.8 Å². The summed E-state index contributed by atoms with van der Waals surface area (Å²) < 4.78 is 20.0. The third kappa shape index (κ3) is 7.40. The molecule has 4 atom stereocenters. The zero-order valence-corrected chi connectivity index (χ0v) is 22.1. The number of aliphatic hydroxyl groups is 2. The van der Waals surface area contributed by atoms with Crippen molar-refractivity contribution in [3.63, 3.8) is 0 Å². The van der Waals surface area contributed by atoms with E-state index in [1.807, 2.05) is 7.05 Å². The normalized spacial score (nSPS) is 22.6. The molecule has 0 unspecified atom stereocenters. The van der Waals surface area contributed by atoms with Crippen LogP contribution >= 0.6 is 0 Å². The summed E-state index contributed by atoms with van der Waals surface area (Å²) >= 11 is 0. The first-order chi connectivity index (χ1) is 17.4. The molecule has 7 nitrogen and oxygen atoms in total. The number of urea groups is 1. The van der Waals surface area contributed by atoms with Crippen LogP contribution in [0.15, 0.2) is 24.3 Å². The number of benzene rings is 1. The van der Waals surface area contributed by atoms with Crippen LogP contribution in [0.3, 0.4) is 0 Å². The fourth-order valence-electron chi connectivity index (χ4n) is 6.09. The second kappa shape index (κ2) is 14.3. The van der Waals surface area contributed by atoms with Crippen LogP contribution in [0, 0.1) is 17.7 Å². The highest BCUT2D eigenvalue weighted by molar-refractivity contribution is 5.74. The molecule has 1 heterocycles. The summed E-state index contributed by atoms with van der Waals surface area (Å²) in [6, 6.07) is 5.81. The molecule has 1 aliphatic carbocycles. The third-order valence-corrected chi connectivity index (χ3v) is 8.16. The van der Waals surface area contributed by atoms with E-state index in [2.05, 4.69) is 10.6 Å². The Kier molecular flexibility index (Phi) is 11.4. The molecule has 36 heavy (non-hydrogen) atoms. The SMILES string of the molecule is CNC[C@@H](NC(=O)N1CCC[C@@H]([C@@](O)(CCCCOC)c2ccccc2F)C1)[C@H](O)C1CCCCC1. The van der Waals surface area contributed by atoms with Crippen LogP contribution in [0.2, 0.25) is 0 Å². The Hall–Kier alpha value is -1.74. The number of rotatable bonds is 12. The molecule has 0 aromatic heterocycles. The van der Waals surface area contributed by atoms with E-state index >= 15 is 0 Å². The largest absolute Gasteiger partial charge is 0.391 e. The Balaban J connectivity index is 1.71. The molecule has 1 aromatic carbocycles. The molecule has 1 aromatic rings. The smallest absolute Gasteiger partial charge is 0.317 e. The molecule has 2 amide bonds. The van der Waals surface area contributed by atoms with Crippen molar-refractivity contribution in [3.8, 4) is 0 Å². The number of hydrogen-bond donors (Lipinski definition) is 4. The molecule has 0 bridgehead atoms. The lowest BCUT2D eigenvalue weighted by atomic mass is 9.74. The Morgan fingerprint density at radius 3 is 2.64 bits per heavy atom. The first kappa shape index (κ1) is 28.8. The molecule has 1 aliphatic heterocycles. The van der Waals surface area contributed by atoms with Gasteiger partial charge >= 0.3 is 6.03 Å². The minimum atomic E-state index is -1.37. The molecule has 0 radical (unpaired) electrons. The van der Waals surface area contributed by atoms with Crippen LogP contribution < -0.4 is 10.6 Å². The van der Waals surface area contributed by atoms with Crippen LogP contribution in [-0.4, -0.2) is 73.7 Å². The zero-order chi connectivity index (χ0) is 26.0. The first-order valence-corrected chi connectivity index (χ1v) is 13.7. The van der Waals surface area contributed by atoms with Gasteiger partial charge in [-0.2, -0.15) is 0 Å². The van der Waals surface area contributed by atoms with Gasteiger partial charge in [0.05, 0.1) is 17.7 Å². The highest BCUT2D eigenvalue weighted by Crippen LogP contribution is 2.40. The fourth-order valence-corrected chi connectivity index (χ4v) is 6.09. The Morgan fingerprint density at radius 1 is 1.19 bits per heavy atom. The number of halogens is 1. The van der Waals surface area contributed by atoms with Gasteiger partial charge in [-0.1, -0.05) is 37.5 Å². The molecule has 2 fully saturated rings. The second-order valence-electron chi connectivity index (χ2n) is 10.6. The Bertz CT molecular complexity index is 807. The number of nitrogens with zero attached hydrogens (tertiary/aromatic N) is 1. The van der Waals surface area contributed by atoms with Crippen LogP contribution in [0.5, 0.6) is 0 Å². The van der Waals surface area contributed by atoms with Crippen LogP contribution in [0.1, 0.15) is 69.8 Å². The number of aliphatic hydroxyl groups excluding tert-OH is 1. The Labute approximate surface area is 215 Å². The monoisotopic (exact) mass is 507 g/mol. The van der Waals surface area contributed by atoms with Crippen LogP contribution in [0.25, 0.3) is 0 Å². The number of nitrogens with one attached hydrogen (secondary N) is 2. The number of hydrogen-bond acceptors (Lipinski definition) is 5. The number of ether oxygens (including phenoxy) is 1. The lowest BCUT2D eigenvalue weighted by molar-refractivity contribution is -0.0590. The average molecular weight is 508 g/mol. The summed E-state index contributed by atoms with van der Waals surface area (Å²) in [6.07, 6.45) is 8.14. The van der Waals surface area contributed by atoms with Gasteiger partial charge in [-0.3, -0.25) is 0 Å². The molecule has 4 N–H and O–H groups in total. The summed E-state index contributed by atoms with van der Waals surface area (Å²) in [5.41, 5.74) is -1.07. The van der Waals surface area contributed by atoms with Crippen molar-refractivity contribution in [2.45, 2.75) is 82.0 Å². The maximum absolute atomic E-state index is 14.9. The molecule has 2 aliphatic rings. The van der Waals surface area contributed by atoms with Gasteiger partial charge in [0.1, 0.15) is 5.82 Å². The quantitative estimate of drug-likeness (QED) is 0.323. The number of carbonyl (C=O) groups excluding carboxylic acids is 1. The average Bonchev–Trinajstić information content (AvgIpc) is 2.91. The number of likely N-dealkylation sites (tertiary alicyclic amines) is 1. The minimum Gasteiger partial charge on any atom is -0.391 e. The predicted molar refractivity (Wildman–Crippen MR) is 139 cm³/mol. The zero-order valence-electron chi connectivity index (χ0n) is 22.1. The van der Waals surface area contributed by atoms with Gasteiger partial charge in [0.2, 0.25) is 0 Å². The summed E-state index contributed by atoms with van der Waals surface area (Å²) in [5.74, 6) is -0.509. The van der Waals surface area contributed by atoms with Crippen molar-refractivity contribution in [3.05, 3.63) is 35.6 Å². The molecular formula is C28H46FN3O4. The van der Waals surface area contributed by atoms with Gasteiger partial charge in [-0.05, 0) is 64.0 Å². The molecule has 3 rings (SSSR count). The number of carbonyl (C=O) groups is 1. The fraction of sp³-hybridized carbons (Fsp3) is 0.750. The van der Waals surface area contributed by atoms with Gasteiger partial charge < -0.3 is 30.5 Å². The maximum Gasteiger partial charge on any atom is 0.317 e. The maximum atomic E-state index is 14.9. The summed E-state index contributed by atoms with van der Waals surface area (Å²) in [6.45, 7) is 1.99. The molecule has 1 saturated carbocycles. The van der Waals surface area contributed by atoms with Crippen LogP contribution in [-0.2, 0) is 10.3 Å². The van der Waals surface area contributed by atoms with Gasteiger partial charge in [0.25, 0.3) is 0 Å². The van der Waals surface area contributed by atoms with E-state index in [-0.39, 0.29) is 23.9 Å². The van der Waals surface area contributed by atoms with Gasteiger partial charge in [0.15, 0.2) is 0 Å². The number of amides is 2. The lowest BCUT2D eigenvalue weighted by Gasteiger charge is -2.43. The third-order valence-electron chi connectivity index (χ3n) is 8.16. The molecule has 0 spiro atoms. The second-order valence-corrected chi connectivity index (χ2v) is 10.6. The van der Waals surface area contributed by atoms with Crippen molar-refractivity contribution in [1.29, 1.82) is 0 Å². The van der Waals surface area contributed by atoms with E-state index in [9.17, 15) is 19.4 Å². The molecular weight excluding hydrogens is 461 g/mol. The van der Waals surface area contributed by atoms with Crippen molar-refractivity contribution >= 4 is 6.03 Å². The lowest BCUT2D eigenvalue weighted by Crippen LogP contribution is -2.57. The minimum absolute atomic E-state index is 0.199. The number of likely N-dealkylation sites (N-methyl/N-ethyl adjacent to an activating group) is 1. The first-order valence-electron chi connectivity index (χ1n) is 13.7. The van der Waals surface area contributed by atoms with E-state index in [0.29, 0.717) is 51.1 Å². The van der Waals surface area contributed by atoms with Crippen LogP contribution in [0.4, 0.5) is 9.18 Å². The Morgan fingerprint density at radius 2 is 1.94 bits per heavy atom. The topological polar surface area (TPSA) is 94.1 Å².